The van der Waals surface area contributed by atoms with Gasteiger partial charge in [0.25, 0.3) is 15.9 Å². The summed E-state index contributed by atoms with van der Waals surface area (Å²) in [5.41, 5.74) is 0.702. The molecular formula is C30H37ClFN5O4S. The van der Waals surface area contributed by atoms with E-state index >= 15 is 0 Å². The minimum Gasteiger partial charge on any atom is -0.493 e. The molecule has 1 atom stereocenters. The summed E-state index contributed by atoms with van der Waals surface area (Å²) >= 11 is 6.27. The van der Waals surface area contributed by atoms with Gasteiger partial charge in [0.1, 0.15) is 22.5 Å². The zero-order valence-corrected chi connectivity index (χ0v) is 25.8. The first-order valence-corrected chi connectivity index (χ1v) is 15.8. The average molecular weight is 618 g/mol. The summed E-state index contributed by atoms with van der Waals surface area (Å²) in [4.78, 5) is 21.3. The lowest BCUT2D eigenvalue weighted by Crippen LogP contribution is -2.31. The van der Waals surface area contributed by atoms with Crippen LogP contribution in [0.4, 0.5) is 10.2 Å². The van der Waals surface area contributed by atoms with Crippen molar-refractivity contribution >= 4 is 33.3 Å². The third-order valence-corrected chi connectivity index (χ3v) is 8.35. The fraction of sp³-hybridized carbons (Fsp3) is 0.433. The first kappa shape index (κ1) is 31.7. The molecule has 0 unspecified atom stereocenters. The maximum Gasteiger partial charge on any atom is 0.281 e. The van der Waals surface area contributed by atoms with Crippen LogP contribution in [0.5, 0.6) is 5.75 Å². The topological polar surface area (TPSA) is 122 Å². The van der Waals surface area contributed by atoms with Crippen LogP contribution in [0.1, 0.15) is 57.3 Å². The van der Waals surface area contributed by atoms with Crippen LogP contribution < -0.4 is 20.1 Å². The van der Waals surface area contributed by atoms with E-state index in [9.17, 15) is 17.6 Å². The fourth-order valence-electron chi connectivity index (χ4n) is 4.81. The summed E-state index contributed by atoms with van der Waals surface area (Å²) in [6.45, 7) is 10.4. The molecule has 1 fully saturated rings. The Kier molecular flexibility index (Phi) is 10.1. The Morgan fingerprint density at radius 1 is 1.19 bits per heavy atom. The molecular weight excluding hydrogens is 581 g/mol. The highest BCUT2D eigenvalue weighted by molar-refractivity contribution is 7.90. The Balaban J connectivity index is 1.38. The van der Waals surface area contributed by atoms with Gasteiger partial charge in [-0.25, -0.2) is 19.1 Å². The van der Waals surface area contributed by atoms with E-state index in [1.165, 1.54) is 30.3 Å². The van der Waals surface area contributed by atoms with Crippen molar-refractivity contribution in [3.63, 3.8) is 0 Å². The maximum absolute atomic E-state index is 14.2. The summed E-state index contributed by atoms with van der Waals surface area (Å²) < 4.78 is 47.8. The monoisotopic (exact) mass is 617 g/mol. The first-order chi connectivity index (χ1) is 19.8. The van der Waals surface area contributed by atoms with Crippen molar-refractivity contribution < 1.29 is 22.3 Å². The Hall–Kier alpha value is -3.28. The SMILES string of the molecule is CC(C)COc1cc(F)cc(-c2ccc(C(=O)NS(=O)(=O)c3cccc(NCCC[C@@H]4CNC(C)(C)C4)n3)c(Cl)n2)c1. The second kappa shape index (κ2) is 13.4. The number of benzene rings is 1. The Labute approximate surface area is 251 Å². The first-order valence-electron chi connectivity index (χ1n) is 13.9. The molecule has 1 saturated heterocycles. The lowest BCUT2D eigenvalue weighted by Gasteiger charge is -2.17. The molecule has 4 rings (SSSR count). The van der Waals surface area contributed by atoms with Gasteiger partial charge < -0.3 is 15.4 Å². The number of carbonyl (C=O) groups is 1. The van der Waals surface area contributed by atoms with Crippen molar-refractivity contribution in [3.8, 4) is 17.0 Å². The van der Waals surface area contributed by atoms with Crippen LogP contribution in [-0.4, -0.2) is 49.5 Å². The van der Waals surface area contributed by atoms with Gasteiger partial charge in [-0.05, 0) is 87.9 Å². The minimum atomic E-state index is -4.30. The second-order valence-corrected chi connectivity index (χ2v) is 13.6. The van der Waals surface area contributed by atoms with E-state index in [-0.39, 0.29) is 27.2 Å². The van der Waals surface area contributed by atoms with Crippen LogP contribution in [0.15, 0.2) is 53.6 Å². The summed E-state index contributed by atoms with van der Waals surface area (Å²) in [6.07, 6.45) is 3.10. The normalized spacial score (nSPS) is 16.4. The minimum absolute atomic E-state index is 0.157. The lowest BCUT2D eigenvalue weighted by atomic mass is 9.94. The van der Waals surface area contributed by atoms with Gasteiger partial charge in [-0.3, -0.25) is 4.79 Å². The number of anilines is 1. The lowest BCUT2D eigenvalue weighted by molar-refractivity contribution is 0.0981. The number of ether oxygens (including phenoxy) is 1. The van der Waals surface area contributed by atoms with Gasteiger partial charge in [0.15, 0.2) is 5.03 Å². The number of amides is 1. The van der Waals surface area contributed by atoms with Crippen molar-refractivity contribution in [2.45, 2.75) is 57.5 Å². The highest BCUT2D eigenvalue weighted by Gasteiger charge is 2.29. The number of nitrogens with one attached hydrogen (secondary N) is 3. The fourth-order valence-corrected chi connectivity index (χ4v) is 5.99. The maximum atomic E-state index is 14.2. The number of pyridine rings is 2. The molecule has 3 heterocycles. The molecule has 2 aromatic heterocycles. The number of nitrogens with zero attached hydrogens (tertiary/aromatic N) is 2. The molecule has 0 spiro atoms. The highest BCUT2D eigenvalue weighted by Crippen LogP contribution is 2.28. The predicted octanol–water partition coefficient (Wildman–Crippen LogP) is 5.67. The van der Waals surface area contributed by atoms with Gasteiger partial charge in [-0.2, -0.15) is 8.42 Å². The van der Waals surface area contributed by atoms with Crippen LogP contribution in [-0.2, 0) is 10.0 Å². The highest BCUT2D eigenvalue weighted by atomic mass is 35.5. The number of hydrogen-bond donors (Lipinski definition) is 3. The van der Waals surface area contributed by atoms with Crippen LogP contribution in [0.2, 0.25) is 5.15 Å². The summed E-state index contributed by atoms with van der Waals surface area (Å²) in [6, 6.07) is 11.5. The van der Waals surface area contributed by atoms with Gasteiger partial charge >= 0.3 is 0 Å². The van der Waals surface area contributed by atoms with E-state index in [4.69, 9.17) is 16.3 Å². The Morgan fingerprint density at radius 2 is 1.98 bits per heavy atom. The molecule has 0 aliphatic carbocycles. The molecule has 12 heteroatoms. The number of carbonyl (C=O) groups excluding carboxylic acids is 1. The number of aromatic nitrogens is 2. The van der Waals surface area contributed by atoms with Crippen molar-refractivity contribution in [2.24, 2.45) is 11.8 Å². The third-order valence-electron chi connectivity index (χ3n) is 6.83. The zero-order chi connectivity index (χ0) is 30.5. The van der Waals surface area contributed by atoms with E-state index in [2.05, 4.69) is 34.4 Å². The number of halogens is 2. The van der Waals surface area contributed by atoms with Crippen molar-refractivity contribution in [1.29, 1.82) is 0 Å². The van der Waals surface area contributed by atoms with Crippen LogP contribution in [0.25, 0.3) is 11.3 Å². The number of sulfonamides is 1. The van der Waals surface area contributed by atoms with E-state index < -0.39 is 21.7 Å². The molecule has 0 radical (unpaired) electrons. The van der Waals surface area contributed by atoms with E-state index in [1.54, 1.807) is 18.2 Å². The standard InChI is InChI=1S/C30H37ClFN5O4S/c1-19(2)18-41-23-14-21(13-22(32)15-23)25-11-10-24(28(31)35-25)29(38)37-42(39,40)27-9-5-8-26(36-27)33-12-6-7-20-16-30(3,4)34-17-20/h5,8-11,13-15,19-20,34H,6-7,12,16-18H2,1-4H3,(H,33,36)(H,37,38)/t20-/m0/s1. The van der Waals surface area contributed by atoms with Gasteiger partial charge in [-0.15, -0.1) is 0 Å². The summed E-state index contributed by atoms with van der Waals surface area (Å²) in [5, 5.41) is 6.13. The molecule has 0 saturated carbocycles. The van der Waals surface area contributed by atoms with Crippen molar-refractivity contribution in [1.82, 2.24) is 20.0 Å². The van der Waals surface area contributed by atoms with E-state index in [0.29, 0.717) is 41.9 Å². The number of rotatable bonds is 12. The molecule has 42 heavy (non-hydrogen) atoms. The molecule has 3 aromatic rings. The van der Waals surface area contributed by atoms with Crippen LogP contribution in [0.3, 0.4) is 0 Å². The zero-order valence-electron chi connectivity index (χ0n) is 24.2. The van der Waals surface area contributed by atoms with Crippen molar-refractivity contribution in [3.05, 3.63) is 65.1 Å². The van der Waals surface area contributed by atoms with E-state index in [1.807, 2.05) is 18.6 Å². The van der Waals surface area contributed by atoms with Gasteiger partial charge in [0.2, 0.25) is 0 Å². The molecule has 9 nitrogen and oxygen atoms in total. The third kappa shape index (κ3) is 8.62. The molecule has 226 valence electrons. The molecule has 1 amide bonds. The van der Waals surface area contributed by atoms with Gasteiger partial charge in [0, 0.05) is 23.7 Å². The smallest absolute Gasteiger partial charge is 0.281 e. The quantitative estimate of drug-likeness (QED) is 0.176. The predicted molar refractivity (Wildman–Crippen MR) is 162 cm³/mol. The Morgan fingerprint density at radius 3 is 2.67 bits per heavy atom. The van der Waals surface area contributed by atoms with E-state index in [0.717, 1.165) is 25.8 Å². The second-order valence-electron chi connectivity index (χ2n) is 11.6. The summed E-state index contributed by atoms with van der Waals surface area (Å²) in [7, 11) is -4.30. The number of hydrogen-bond acceptors (Lipinski definition) is 8. The van der Waals surface area contributed by atoms with Crippen LogP contribution in [0, 0.1) is 17.7 Å². The molecule has 1 aromatic carbocycles. The largest absolute Gasteiger partial charge is 0.493 e. The summed E-state index contributed by atoms with van der Waals surface area (Å²) in [5.74, 6) is 0.116. The molecule has 1 aliphatic rings. The van der Waals surface area contributed by atoms with Gasteiger partial charge in [0.05, 0.1) is 17.9 Å². The van der Waals surface area contributed by atoms with Crippen molar-refractivity contribution in [2.75, 3.05) is 25.0 Å². The Bertz CT molecular complexity index is 1530. The molecule has 0 bridgehead atoms. The molecule has 1 aliphatic heterocycles. The van der Waals surface area contributed by atoms with Gasteiger partial charge in [-0.1, -0.05) is 31.5 Å². The average Bonchev–Trinajstić information content (AvgIpc) is 3.27. The van der Waals surface area contributed by atoms with Crippen LogP contribution >= 0.6 is 11.6 Å². The molecule has 3 N–H and O–H groups in total.